The summed E-state index contributed by atoms with van der Waals surface area (Å²) in [6.45, 7) is 4.10. The highest BCUT2D eigenvalue weighted by Crippen LogP contribution is 2.22. The van der Waals surface area contributed by atoms with Gasteiger partial charge >= 0.3 is 0 Å². The first kappa shape index (κ1) is 10.3. The second-order valence-corrected chi connectivity index (χ2v) is 3.97. The van der Waals surface area contributed by atoms with Gasteiger partial charge in [-0.2, -0.15) is 5.26 Å². The smallest absolute Gasteiger partial charge is 0.0994 e. The molecule has 13 heavy (non-hydrogen) atoms. The van der Waals surface area contributed by atoms with E-state index in [9.17, 15) is 0 Å². The molecule has 0 spiro atoms. The number of hydrogen-bond donors (Lipinski definition) is 0. The van der Waals surface area contributed by atoms with Crippen LogP contribution < -0.4 is 0 Å². The van der Waals surface area contributed by atoms with Gasteiger partial charge in [0, 0.05) is 4.47 Å². The van der Waals surface area contributed by atoms with Crippen LogP contribution in [0, 0.1) is 18.3 Å². The Bertz CT molecular complexity index is 350. The van der Waals surface area contributed by atoms with Gasteiger partial charge in [-0.15, -0.1) is 0 Å². The van der Waals surface area contributed by atoms with Crippen molar-refractivity contribution in [2.45, 2.75) is 26.7 Å². The zero-order valence-corrected chi connectivity index (χ0v) is 9.48. The predicted octanol–water partition coefficient (Wildman–Crippen LogP) is 3.58. The van der Waals surface area contributed by atoms with E-state index in [1.165, 1.54) is 5.56 Å². The van der Waals surface area contributed by atoms with E-state index in [0.717, 1.165) is 28.4 Å². The Morgan fingerprint density at radius 1 is 1.46 bits per heavy atom. The highest BCUT2D eigenvalue weighted by atomic mass is 79.9. The Hall–Kier alpha value is -0.810. The molecule has 1 rings (SSSR count). The largest absolute Gasteiger partial charge is 0.192 e. The Balaban J connectivity index is 3.16. The summed E-state index contributed by atoms with van der Waals surface area (Å²) < 4.78 is 1.04. The number of benzene rings is 1. The molecule has 0 heterocycles. The molecule has 0 bridgehead atoms. The average molecular weight is 238 g/mol. The lowest BCUT2D eigenvalue weighted by Gasteiger charge is -2.04. The third kappa shape index (κ3) is 2.32. The first-order chi connectivity index (χ1) is 6.19. The number of hydrogen-bond acceptors (Lipinski definition) is 1. The molecule has 0 saturated heterocycles. The van der Waals surface area contributed by atoms with Crippen molar-refractivity contribution < 1.29 is 0 Å². The third-order valence-corrected chi connectivity index (χ3v) is 2.89. The van der Waals surface area contributed by atoms with Gasteiger partial charge in [-0.1, -0.05) is 29.3 Å². The van der Waals surface area contributed by atoms with Crippen LogP contribution in [0.25, 0.3) is 0 Å². The zero-order chi connectivity index (χ0) is 9.84. The molecule has 0 aliphatic rings. The van der Waals surface area contributed by atoms with Crippen molar-refractivity contribution in [2.24, 2.45) is 0 Å². The Kier molecular flexibility index (Phi) is 3.50. The van der Waals surface area contributed by atoms with Gasteiger partial charge in [-0.25, -0.2) is 0 Å². The minimum Gasteiger partial charge on any atom is -0.192 e. The zero-order valence-electron chi connectivity index (χ0n) is 7.89. The molecule has 0 amide bonds. The molecular weight excluding hydrogens is 226 g/mol. The first-order valence-corrected chi connectivity index (χ1v) is 5.17. The molecule has 1 aromatic carbocycles. The van der Waals surface area contributed by atoms with E-state index in [2.05, 4.69) is 35.0 Å². The summed E-state index contributed by atoms with van der Waals surface area (Å²) in [5.74, 6) is 0. The summed E-state index contributed by atoms with van der Waals surface area (Å²) in [5.41, 5.74) is 3.04. The van der Waals surface area contributed by atoms with Crippen molar-refractivity contribution in [2.75, 3.05) is 0 Å². The van der Waals surface area contributed by atoms with Crippen LogP contribution in [0.4, 0.5) is 0 Å². The molecule has 0 radical (unpaired) electrons. The lowest BCUT2D eigenvalue weighted by molar-refractivity contribution is 0.919. The Morgan fingerprint density at radius 3 is 2.69 bits per heavy atom. The molecule has 1 nitrogen and oxygen atoms in total. The predicted molar refractivity (Wildman–Crippen MR) is 57.6 cm³/mol. The van der Waals surface area contributed by atoms with Crippen molar-refractivity contribution in [3.63, 3.8) is 0 Å². The van der Waals surface area contributed by atoms with Crippen LogP contribution in [0.1, 0.15) is 30.0 Å². The van der Waals surface area contributed by atoms with Gasteiger partial charge in [-0.3, -0.25) is 0 Å². The Labute approximate surface area is 87.5 Å². The van der Waals surface area contributed by atoms with Gasteiger partial charge in [0.05, 0.1) is 11.6 Å². The maximum Gasteiger partial charge on any atom is 0.0994 e. The molecule has 0 fully saturated rings. The first-order valence-electron chi connectivity index (χ1n) is 4.38. The third-order valence-electron chi connectivity index (χ3n) is 2.06. The van der Waals surface area contributed by atoms with Gasteiger partial charge in [0.25, 0.3) is 0 Å². The number of nitrogens with zero attached hydrogens (tertiary/aromatic N) is 1. The molecule has 0 unspecified atom stereocenters. The molecule has 0 N–H and O–H groups in total. The minimum atomic E-state index is 0.776. The highest BCUT2D eigenvalue weighted by molar-refractivity contribution is 9.10. The second kappa shape index (κ2) is 4.43. The quantitative estimate of drug-likeness (QED) is 0.772. The second-order valence-electron chi connectivity index (χ2n) is 3.11. The van der Waals surface area contributed by atoms with Crippen LogP contribution in [0.5, 0.6) is 0 Å². The van der Waals surface area contributed by atoms with E-state index < -0.39 is 0 Å². The van der Waals surface area contributed by atoms with Crippen molar-refractivity contribution in [1.29, 1.82) is 5.26 Å². The normalized spacial score (nSPS) is 9.69. The molecule has 0 aliphatic heterocycles. The van der Waals surface area contributed by atoms with Crippen LogP contribution in [-0.4, -0.2) is 0 Å². The summed E-state index contributed by atoms with van der Waals surface area (Å²) in [5, 5.41) is 8.86. The minimum absolute atomic E-state index is 0.776. The molecule has 0 aliphatic carbocycles. The summed E-state index contributed by atoms with van der Waals surface area (Å²) in [4.78, 5) is 0. The van der Waals surface area contributed by atoms with E-state index in [1.807, 2.05) is 13.0 Å². The van der Waals surface area contributed by atoms with Gasteiger partial charge in [-0.05, 0) is 36.6 Å². The van der Waals surface area contributed by atoms with Crippen LogP contribution in [0.15, 0.2) is 16.6 Å². The highest BCUT2D eigenvalue weighted by Gasteiger charge is 2.03. The molecule has 0 atom stereocenters. The number of aryl methyl sites for hydroxylation is 1. The molecule has 68 valence electrons. The monoisotopic (exact) mass is 237 g/mol. The van der Waals surface area contributed by atoms with E-state index in [0.29, 0.717) is 0 Å². The molecular formula is C11H12BrN. The molecule has 0 aromatic heterocycles. The van der Waals surface area contributed by atoms with Crippen LogP contribution in [-0.2, 0) is 6.42 Å². The maximum absolute atomic E-state index is 8.86. The van der Waals surface area contributed by atoms with Crippen LogP contribution in [0.2, 0.25) is 0 Å². The van der Waals surface area contributed by atoms with E-state index in [4.69, 9.17) is 5.26 Å². The summed E-state index contributed by atoms with van der Waals surface area (Å²) in [6, 6.07) is 6.28. The van der Waals surface area contributed by atoms with Crippen molar-refractivity contribution in [3.05, 3.63) is 33.3 Å². The lowest BCUT2D eigenvalue weighted by Crippen LogP contribution is -1.90. The average Bonchev–Trinajstić information content (AvgIpc) is 2.11. The number of nitriles is 1. The van der Waals surface area contributed by atoms with Crippen LogP contribution >= 0.6 is 15.9 Å². The van der Waals surface area contributed by atoms with Gasteiger partial charge in [0.2, 0.25) is 0 Å². The molecule has 0 saturated carbocycles. The van der Waals surface area contributed by atoms with Crippen molar-refractivity contribution in [1.82, 2.24) is 0 Å². The van der Waals surface area contributed by atoms with Gasteiger partial charge in [0.15, 0.2) is 0 Å². The van der Waals surface area contributed by atoms with E-state index in [-0.39, 0.29) is 0 Å². The fourth-order valence-electron chi connectivity index (χ4n) is 1.28. The SMILES string of the molecule is CCCc1cc(Br)c(C)c(C#N)c1. The Morgan fingerprint density at radius 2 is 2.15 bits per heavy atom. The number of rotatable bonds is 2. The fraction of sp³-hybridized carbons (Fsp3) is 0.364. The fourth-order valence-corrected chi connectivity index (χ4v) is 1.79. The van der Waals surface area contributed by atoms with E-state index in [1.54, 1.807) is 0 Å². The topological polar surface area (TPSA) is 23.8 Å². The summed E-state index contributed by atoms with van der Waals surface area (Å²) in [6.07, 6.45) is 2.15. The van der Waals surface area contributed by atoms with Crippen LogP contribution in [0.3, 0.4) is 0 Å². The van der Waals surface area contributed by atoms with Crippen molar-refractivity contribution >= 4 is 15.9 Å². The number of halogens is 1. The van der Waals surface area contributed by atoms with Crippen molar-refractivity contribution in [3.8, 4) is 6.07 Å². The lowest BCUT2D eigenvalue weighted by atomic mass is 10.0. The van der Waals surface area contributed by atoms with E-state index >= 15 is 0 Å². The molecule has 2 heteroatoms. The van der Waals surface area contributed by atoms with Gasteiger partial charge < -0.3 is 0 Å². The summed E-state index contributed by atoms with van der Waals surface area (Å²) in [7, 11) is 0. The molecule has 1 aromatic rings. The standard InChI is InChI=1S/C11H12BrN/c1-3-4-9-5-10(7-13)8(2)11(12)6-9/h5-6H,3-4H2,1-2H3. The maximum atomic E-state index is 8.86. The van der Waals surface area contributed by atoms with Gasteiger partial charge in [0.1, 0.15) is 0 Å². The summed E-state index contributed by atoms with van der Waals surface area (Å²) >= 11 is 3.46.